The van der Waals surface area contributed by atoms with E-state index in [0.717, 1.165) is 64.2 Å². The van der Waals surface area contributed by atoms with Gasteiger partial charge >= 0.3 is 0 Å². The van der Waals surface area contributed by atoms with E-state index in [2.05, 4.69) is 19.1 Å². The number of hydrogen-bond donors (Lipinski definition) is 0. The average molecular weight is 345 g/mol. The van der Waals surface area contributed by atoms with Crippen LogP contribution in [0.25, 0.3) is 0 Å². The van der Waals surface area contributed by atoms with Gasteiger partial charge in [0.15, 0.2) is 0 Å². The van der Waals surface area contributed by atoms with Gasteiger partial charge in [-0.25, -0.2) is 0 Å². The monoisotopic (exact) mass is 345 g/mol. The summed E-state index contributed by atoms with van der Waals surface area (Å²) in [5, 5.41) is 0. The molecule has 0 saturated carbocycles. The van der Waals surface area contributed by atoms with Gasteiger partial charge in [-0.2, -0.15) is 0 Å². The molecule has 1 atom stereocenters. The second-order valence-corrected chi connectivity index (χ2v) is 7.37. The summed E-state index contributed by atoms with van der Waals surface area (Å²) in [6.07, 6.45) is 4.64. The van der Waals surface area contributed by atoms with Gasteiger partial charge in [-0.05, 0) is 56.6 Å². The zero-order valence-electron chi connectivity index (χ0n) is 15.6. The number of ether oxygens (including phenoxy) is 2. The van der Waals surface area contributed by atoms with Crippen molar-refractivity contribution in [3.05, 3.63) is 35.4 Å². The molecule has 4 heteroatoms. The van der Waals surface area contributed by atoms with Crippen LogP contribution in [0.1, 0.15) is 43.7 Å². The fourth-order valence-corrected chi connectivity index (χ4v) is 4.33. The maximum atomic E-state index is 12.7. The first-order valence-corrected chi connectivity index (χ1v) is 9.68. The predicted molar refractivity (Wildman–Crippen MR) is 98.6 cm³/mol. The summed E-state index contributed by atoms with van der Waals surface area (Å²) in [5.41, 5.74) is 2.32. The quantitative estimate of drug-likeness (QED) is 0.742. The molecule has 4 nitrogen and oxygen atoms in total. The van der Waals surface area contributed by atoms with Gasteiger partial charge in [0.25, 0.3) is 0 Å². The van der Waals surface area contributed by atoms with Crippen molar-refractivity contribution < 1.29 is 14.3 Å². The van der Waals surface area contributed by atoms with Gasteiger partial charge in [0, 0.05) is 32.9 Å². The number of likely N-dealkylation sites (tertiary alicyclic amines) is 1. The normalized spacial score (nSPS) is 22.5. The van der Waals surface area contributed by atoms with Gasteiger partial charge in [-0.1, -0.05) is 24.3 Å². The van der Waals surface area contributed by atoms with Crippen LogP contribution in [-0.2, 0) is 20.7 Å². The summed E-state index contributed by atoms with van der Waals surface area (Å²) < 4.78 is 11.7. The molecule has 0 bridgehead atoms. The van der Waals surface area contributed by atoms with E-state index in [4.69, 9.17) is 9.47 Å². The van der Waals surface area contributed by atoms with Crippen LogP contribution in [0.3, 0.4) is 0 Å². The van der Waals surface area contributed by atoms with Crippen molar-refractivity contribution in [1.82, 2.24) is 4.90 Å². The highest BCUT2D eigenvalue weighted by Crippen LogP contribution is 2.42. The minimum Gasteiger partial charge on any atom is -0.382 e. The molecule has 0 N–H and O–H groups in total. The van der Waals surface area contributed by atoms with Crippen LogP contribution in [0.2, 0.25) is 0 Å². The summed E-state index contributed by atoms with van der Waals surface area (Å²) in [6.45, 7) is 8.20. The maximum absolute atomic E-state index is 12.7. The summed E-state index contributed by atoms with van der Waals surface area (Å²) in [7, 11) is 0. The van der Waals surface area contributed by atoms with Crippen LogP contribution < -0.4 is 0 Å². The number of nitrogens with zero attached hydrogens (tertiary/aromatic N) is 1. The summed E-state index contributed by atoms with van der Waals surface area (Å²) in [5.74, 6) is 0.820. The van der Waals surface area contributed by atoms with E-state index in [1.165, 1.54) is 5.56 Å². The standard InChI is InChI=1S/C21H31NO3/c1-3-24-14-8-19-9-15-25-21(19)10-12-22(13-11-21)20(23)16-18-7-5-4-6-17(18)2/h4-7,19H,3,8-16H2,1-2H3. The molecule has 0 aliphatic carbocycles. The van der Waals surface area contributed by atoms with Crippen molar-refractivity contribution in [2.45, 2.75) is 51.6 Å². The molecule has 1 spiro atoms. The minimum absolute atomic E-state index is 0.0173. The van der Waals surface area contributed by atoms with Gasteiger partial charge in [-0.3, -0.25) is 4.79 Å². The zero-order valence-corrected chi connectivity index (χ0v) is 15.6. The second-order valence-electron chi connectivity index (χ2n) is 7.37. The van der Waals surface area contributed by atoms with Gasteiger partial charge in [0.2, 0.25) is 5.91 Å². The van der Waals surface area contributed by atoms with Gasteiger partial charge in [0.05, 0.1) is 12.0 Å². The summed E-state index contributed by atoms with van der Waals surface area (Å²) in [6, 6.07) is 8.16. The predicted octanol–water partition coefficient (Wildman–Crippen LogP) is 3.36. The number of benzene rings is 1. The fourth-order valence-electron chi connectivity index (χ4n) is 4.33. The molecule has 0 radical (unpaired) electrons. The van der Waals surface area contributed by atoms with E-state index >= 15 is 0 Å². The second kappa shape index (κ2) is 8.33. The first kappa shape index (κ1) is 18.4. The Bertz CT molecular complexity index is 578. The molecule has 1 aromatic rings. The molecule has 138 valence electrons. The van der Waals surface area contributed by atoms with Gasteiger partial charge in [-0.15, -0.1) is 0 Å². The lowest BCUT2D eigenvalue weighted by atomic mass is 9.78. The molecule has 2 heterocycles. The Kier molecular flexibility index (Phi) is 6.13. The molecule has 1 aromatic carbocycles. The van der Waals surface area contributed by atoms with Crippen molar-refractivity contribution in [2.24, 2.45) is 5.92 Å². The molecule has 2 saturated heterocycles. The molecule has 25 heavy (non-hydrogen) atoms. The topological polar surface area (TPSA) is 38.8 Å². The molecule has 3 rings (SSSR count). The number of hydrogen-bond acceptors (Lipinski definition) is 3. The Balaban J connectivity index is 1.54. The van der Waals surface area contributed by atoms with Crippen LogP contribution >= 0.6 is 0 Å². The largest absolute Gasteiger partial charge is 0.382 e. The average Bonchev–Trinajstić information content (AvgIpc) is 3.00. The third-order valence-corrected chi connectivity index (χ3v) is 5.98. The molecular weight excluding hydrogens is 314 g/mol. The third kappa shape index (κ3) is 4.24. The van der Waals surface area contributed by atoms with E-state index < -0.39 is 0 Å². The number of carbonyl (C=O) groups excluding carboxylic acids is 1. The van der Waals surface area contributed by atoms with Gasteiger partial charge < -0.3 is 14.4 Å². The van der Waals surface area contributed by atoms with E-state index in [0.29, 0.717) is 12.3 Å². The number of rotatable bonds is 6. The first-order valence-electron chi connectivity index (χ1n) is 9.68. The number of aryl methyl sites for hydroxylation is 1. The van der Waals surface area contributed by atoms with Crippen molar-refractivity contribution in [3.8, 4) is 0 Å². The lowest BCUT2D eigenvalue weighted by Gasteiger charge is -2.42. The third-order valence-electron chi connectivity index (χ3n) is 5.98. The van der Waals surface area contributed by atoms with Gasteiger partial charge in [0.1, 0.15) is 0 Å². The SMILES string of the molecule is CCOCCC1CCOC12CCN(C(=O)Cc1ccccc1C)CC2. The lowest BCUT2D eigenvalue weighted by Crippen LogP contribution is -2.50. The maximum Gasteiger partial charge on any atom is 0.227 e. The Morgan fingerprint density at radius 2 is 2.08 bits per heavy atom. The highest BCUT2D eigenvalue weighted by Gasteiger charge is 2.46. The molecule has 2 aliphatic rings. The van der Waals surface area contributed by atoms with E-state index in [1.807, 2.05) is 24.0 Å². The summed E-state index contributed by atoms with van der Waals surface area (Å²) >= 11 is 0. The van der Waals surface area contributed by atoms with Crippen molar-refractivity contribution in [1.29, 1.82) is 0 Å². The Labute approximate surface area is 151 Å². The van der Waals surface area contributed by atoms with E-state index in [-0.39, 0.29) is 11.5 Å². The Morgan fingerprint density at radius 1 is 1.32 bits per heavy atom. The number of carbonyl (C=O) groups is 1. The van der Waals surface area contributed by atoms with Crippen LogP contribution in [0.5, 0.6) is 0 Å². The van der Waals surface area contributed by atoms with Crippen LogP contribution in [0.15, 0.2) is 24.3 Å². The lowest BCUT2D eigenvalue weighted by molar-refractivity contribution is -0.137. The smallest absolute Gasteiger partial charge is 0.227 e. The first-order chi connectivity index (χ1) is 12.1. The molecule has 2 fully saturated rings. The zero-order chi connectivity index (χ0) is 17.7. The molecule has 1 unspecified atom stereocenters. The van der Waals surface area contributed by atoms with E-state index in [9.17, 15) is 4.79 Å². The highest BCUT2D eigenvalue weighted by molar-refractivity contribution is 5.79. The van der Waals surface area contributed by atoms with Crippen molar-refractivity contribution in [3.63, 3.8) is 0 Å². The molecular formula is C21H31NO3. The summed E-state index contributed by atoms with van der Waals surface area (Å²) in [4.78, 5) is 14.7. The highest BCUT2D eigenvalue weighted by atomic mass is 16.5. The molecule has 1 amide bonds. The fraction of sp³-hybridized carbons (Fsp3) is 0.667. The van der Waals surface area contributed by atoms with Crippen molar-refractivity contribution in [2.75, 3.05) is 32.9 Å². The number of piperidine rings is 1. The van der Waals surface area contributed by atoms with Crippen LogP contribution in [0, 0.1) is 12.8 Å². The molecule has 0 aromatic heterocycles. The molecule has 2 aliphatic heterocycles. The minimum atomic E-state index is -0.0173. The van der Waals surface area contributed by atoms with E-state index in [1.54, 1.807) is 0 Å². The van der Waals surface area contributed by atoms with Crippen molar-refractivity contribution >= 4 is 5.91 Å². The Hall–Kier alpha value is -1.39. The Morgan fingerprint density at radius 3 is 2.80 bits per heavy atom. The van der Waals surface area contributed by atoms with Crippen LogP contribution in [0.4, 0.5) is 0 Å². The van der Waals surface area contributed by atoms with Crippen LogP contribution in [-0.4, -0.2) is 49.3 Å². The number of amides is 1.